The number of primary amides is 1. The van der Waals surface area contributed by atoms with Crippen LogP contribution in [0.25, 0.3) is 0 Å². The molecular formula is C11H18N4O. The lowest BCUT2D eigenvalue weighted by Crippen LogP contribution is -2.32. The normalized spacial score (nSPS) is 26.9. The molecule has 0 saturated carbocycles. The van der Waals surface area contributed by atoms with E-state index in [0.717, 1.165) is 25.2 Å². The van der Waals surface area contributed by atoms with Crippen molar-refractivity contribution in [1.82, 2.24) is 14.9 Å². The molecule has 0 aromatic carbocycles. The second-order valence-electron chi connectivity index (χ2n) is 4.75. The van der Waals surface area contributed by atoms with Gasteiger partial charge in [-0.1, -0.05) is 6.92 Å². The van der Waals surface area contributed by atoms with Crippen LogP contribution in [0.2, 0.25) is 0 Å². The van der Waals surface area contributed by atoms with Gasteiger partial charge in [0.2, 0.25) is 5.91 Å². The zero-order valence-electron chi connectivity index (χ0n) is 9.73. The number of rotatable bonds is 3. The Balaban J connectivity index is 2.35. The highest BCUT2D eigenvalue weighted by atomic mass is 16.1. The third kappa shape index (κ3) is 1.71. The summed E-state index contributed by atoms with van der Waals surface area (Å²) in [6, 6.07) is -0.338. The molecule has 1 saturated heterocycles. The van der Waals surface area contributed by atoms with Crippen LogP contribution < -0.4 is 11.1 Å². The molecule has 1 aromatic heterocycles. The summed E-state index contributed by atoms with van der Waals surface area (Å²) in [4.78, 5) is 15.4. The first-order chi connectivity index (χ1) is 7.54. The Morgan fingerprint density at radius 3 is 3.06 bits per heavy atom. The van der Waals surface area contributed by atoms with Gasteiger partial charge in [0.1, 0.15) is 6.04 Å². The Bertz CT molecular complexity index is 392. The number of carbonyl (C=O) groups is 1. The van der Waals surface area contributed by atoms with Crippen molar-refractivity contribution in [2.24, 2.45) is 5.73 Å². The Morgan fingerprint density at radius 1 is 1.75 bits per heavy atom. The molecule has 1 aliphatic heterocycles. The molecule has 2 atom stereocenters. The molecular weight excluding hydrogens is 204 g/mol. The van der Waals surface area contributed by atoms with Gasteiger partial charge in [0, 0.05) is 23.9 Å². The first kappa shape index (κ1) is 11.1. The highest BCUT2D eigenvalue weighted by Crippen LogP contribution is 2.31. The van der Waals surface area contributed by atoms with Crippen molar-refractivity contribution in [3.05, 3.63) is 18.2 Å². The Kier molecular flexibility index (Phi) is 2.71. The number of imidazole rings is 1. The molecule has 1 amide bonds. The first-order valence-electron chi connectivity index (χ1n) is 5.57. The fourth-order valence-corrected chi connectivity index (χ4v) is 2.25. The van der Waals surface area contributed by atoms with E-state index in [2.05, 4.69) is 17.2 Å². The molecule has 0 aliphatic carbocycles. The largest absolute Gasteiger partial charge is 0.368 e. The highest BCUT2D eigenvalue weighted by molar-refractivity contribution is 5.78. The number of carbonyl (C=O) groups excluding carboxylic acids is 1. The summed E-state index contributed by atoms with van der Waals surface area (Å²) in [5.41, 5.74) is 6.48. The lowest BCUT2D eigenvalue weighted by Gasteiger charge is -2.26. The molecule has 1 aliphatic rings. The number of amides is 1. The van der Waals surface area contributed by atoms with Crippen molar-refractivity contribution in [3.8, 4) is 0 Å². The van der Waals surface area contributed by atoms with Gasteiger partial charge in [0.05, 0.1) is 6.33 Å². The molecule has 2 rings (SSSR count). The van der Waals surface area contributed by atoms with Crippen molar-refractivity contribution < 1.29 is 4.79 Å². The quantitative estimate of drug-likeness (QED) is 0.766. The monoisotopic (exact) mass is 222 g/mol. The van der Waals surface area contributed by atoms with Crippen LogP contribution in [-0.4, -0.2) is 28.5 Å². The molecule has 3 N–H and O–H groups in total. The maximum Gasteiger partial charge on any atom is 0.240 e. The average Bonchev–Trinajstić information content (AvgIpc) is 2.85. The van der Waals surface area contributed by atoms with E-state index in [0.29, 0.717) is 0 Å². The third-order valence-electron chi connectivity index (χ3n) is 3.48. The highest BCUT2D eigenvalue weighted by Gasteiger charge is 2.34. The van der Waals surface area contributed by atoms with Crippen LogP contribution in [0.4, 0.5) is 0 Å². The van der Waals surface area contributed by atoms with Gasteiger partial charge in [0.15, 0.2) is 0 Å². The maximum absolute atomic E-state index is 11.2. The third-order valence-corrected chi connectivity index (χ3v) is 3.48. The van der Waals surface area contributed by atoms with Gasteiger partial charge >= 0.3 is 0 Å². The predicted octanol–water partition coefficient (Wildman–Crippen LogP) is 0.180. The molecule has 16 heavy (non-hydrogen) atoms. The fraction of sp³-hybridized carbons (Fsp3) is 0.636. The van der Waals surface area contributed by atoms with E-state index in [4.69, 9.17) is 5.73 Å². The zero-order chi connectivity index (χ0) is 11.8. The molecule has 5 heteroatoms. The number of nitrogens with two attached hydrogens (primary N) is 1. The Morgan fingerprint density at radius 2 is 2.50 bits per heavy atom. The van der Waals surface area contributed by atoms with Gasteiger partial charge in [0.25, 0.3) is 0 Å². The molecule has 0 radical (unpaired) electrons. The lowest BCUT2D eigenvalue weighted by molar-refractivity contribution is -0.120. The summed E-state index contributed by atoms with van der Waals surface area (Å²) >= 11 is 0. The Labute approximate surface area is 95.0 Å². The van der Waals surface area contributed by atoms with Crippen molar-refractivity contribution in [2.75, 3.05) is 13.1 Å². The molecule has 1 fully saturated rings. The van der Waals surface area contributed by atoms with E-state index in [1.807, 2.05) is 10.8 Å². The van der Waals surface area contributed by atoms with Crippen molar-refractivity contribution in [1.29, 1.82) is 0 Å². The SMILES string of the molecule is CC(C(N)=O)n1cncc1C1(C)CCNC1. The average molecular weight is 222 g/mol. The lowest BCUT2D eigenvalue weighted by atomic mass is 9.86. The number of aromatic nitrogens is 2. The molecule has 2 unspecified atom stereocenters. The summed E-state index contributed by atoms with van der Waals surface area (Å²) in [5.74, 6) is -0.325. The number of nitrogens with one attached hydrogen (secondary N) is 1. The second-order valence-corrected chi connectivity index (χ2v) is 4.75. The van der Waals surface area contributed by atoms with Crippen molar-refractivity contribution >= 4 is 5.91 Å². The second kappa shape index (κ2) is 3.90. The van der Waals surface area contributed by atoms with E-state index in [1.165, 1.54) is 0 Å². The van der Waals surface area contributed by atoms with Crippen LogP contribution >= 0.6 is 0 Å². The van der Waals surface area contributed by atoms with Gasteiger partial charge in [-0.15, -0.1) is 0 Å². The van der Waals surface area contributed by atoms with E-state index in [-0.39, 0.29) is 17.4 Å². The molecule has 2 heterocycles. The zero-order valence-corrected chi connectivity index (χ0v) is 9.73. The summed E-state index contributed by atoms with van der Waals surface area (Å²) in [6.07, 6.45) is 4.59. The number of hydrogen-bond acceptors (Lipinski definition) is 3. The fourth-order valence-electron chi connectivity index (χ4n) is 2.25. The summed E-state index contributed by atoms with van der Waals surface area (Å²) in [7, 11) is 0. The minimum Gasteiger partial charge on any atom is -0.368 e. The summed E-state index contributed by atoms with van der Waals surface area (Å²) in [6.45, 7) is 5.92. The van der Waals surface area contributed by atoms with Gasteiger partial charge in [-0.2, -0.15) is 0 Å². The van der Waals surface area contributed by atoms with Gasteiger partial charge in [-0.3, -0.25) is 4.79 Å². The van der Waals surface area contributed by atoms with Crippen LogP contribution in [0.15, 0.2) is 12.5 Å². The van der Waals surface area contributed by atoms with Crippen LogP contribution in [0, 0.1) is 0 Å². The van der Waals surface area contributed by atoms with Crippen LogP contribution in [0.5, 0.6) is 0 Å². The molecule has 5 nitrogen and oxygen atoms in total. The summed E-state index contributed by atoms with van der Waals surface area (Å²) in [5, 5.41) is 3.34. The van der Waals surface area contributed by atoms with Gasteiger partial charge < -0.3 is 15.6 Å². The van der Waals surface area contributed by atoms with Crippen LogP contribution in [-0.2, 0) is 10.2 Å². The van der Waals surface area contributed by atoms with Gasteiger partial charge in [-0.25, -0.2) is 4.98 Å². The predicted molar refractivity (Wildman–Crippen MR) is 61.0 cm³/mol. The molecule has 0 spiro atoms. The molecule has 88 valence electrons. The minimum absolute atomic E-state index is 0.0558. The standard InChI is InChI=1S/C11H18N4O/c1-8(10(12)16)15-7-14-5-9(15)11(2)3-4-13-6-11/h5,7-8,13H,3-4,6H2,1-2H3,(H2,12,16). The topological polar surface area (TPSA) is 72.9 Å². The Hall–Kier alpha value is -1.36. The minimum atomic E-state index is -0.338. The first-order valence-corrected chi connectivity index (χ1v) is 5.57. The van der Waals surface area contributed by atoms with Crippen LogP contribution in [0.3, 0.4) is 0 Å². The van der Waals surface area contributed by atoms with Crippen LogP contribution in [0.1, 0.15) is 32.0 Å². The number of hydrogen-bond donors (Lipinski definition) is 2. The summed E-state index contributed by atoms with van der Waals surface area (Å²) < 4.78 is 1.88. The number of nitrogens with zero attached hydrogens (tertiary/aromatic N) is 2. The molecule has 1 aromatic rings. The molecule has 0 bridgehead atoms. The maximum atomic E-state index is 11.2. The van der Waals surface area contributed by atoms with E-state index < -0.39 is 0 Å². The van der Waals surface area contributed by atoms with E-state index in [9.17, 15) is 4.79 Å². The van der Waals surface area contributed by atoms with E-state index >= 15 is 0 Å². The smallest absolute Gasteiger partial charge is 0.240 e. The van der Waals surface area contributed by atoms with Crippen molar-refractivity contribution in [3.63, 3.8) is 0 Å². The van der Waals surface area contributed by atoms with Crippen molar-refractivity contribution in [2.45, 2.75) is 31.7 Å². The van der Waals surface area contributed by atoms with E-state index in [1.54, 1.807) is 13.3 Å². The van der Waals surface area contributed by atoms with Gasteiger partial charge in [-0.05, 0) is 19.9 Å².